The lowest BCUT2D eigenvalue weighted by molar-refractivity contribution is -0.904. The van der Waals surface area contributed by atoms with Crippen LogP contribution in [0.5, 0.6) is 0 Å². The topological polar surface area (TPSA) is 38.4 Å². The van der Waals surface area contributed by atoms with E-state index in [1.165, 1.54) is 0 Å². The largest absolute Gasteiger partial charge is 0.383 e. The van der Waals surface area contributed by atoms with Crippen molar-refractivity contribution in [3.63, 3.8) is 0 Å². The Morgan fingerprint density at radius 3 is 3.00 bits per heavy atom. The predicted molar refractivity (Wildman–Crippen MR) is 42.4 cm³/mol. The number of nitrogens with zero attached hydrogens (tertiary/aromatic N) is 2. The van der Waals surface area contributed by atoms with Gasteiger partial charge in [0.25, 0.3) is 0 Å². The number of rotatable bonds is 2. The van der Waals surface area contributed by atoms with Crippen LogP contribution < -0.4 is 5.73 Å². The average molecular weight is 140 g/mol. The van der Waals surface area contributed by atoms with Gasteiger partial charge in [-0.1, -0.05) is 11.7 Å². The molecule has 0 aromatic rings. The summed E-state index contributed by atoms with van der Waals surface area (Å²) in [5, 5.41) is 4.27. The van der Waals surface area contributed by atoms with Gasteiger partial charge in [-0.2, -0.15) is 4.59 Å². The molecule has 0 bridgehead atoms. The van der Waals surface area contributed by atoms with Crippen molar-refractivity contribution in [3.05, 3.63) is 12.7 Å². The molecule has 3 heteroatoms. The van der Waals surface area contributed by atoms with Crippen LogP contribution in [0.3, 0.4) is 0 Å². The maximum atomic E-state index is 5.54. The lowest BCUT2D eigenvalue weighted by Gasteiger charge is -2.20. The van der Waals surface area contributed by atoms with Gasteiger partial charge in [-0.25, -0.2) is 0 Å². The first kappa shape index (κ1) is 7.28. The molecule has 1 heterocycles. The molecule has 0 radical (unpaired) electrons. The molecule has 0 spiro atoms. The summed E-state index contributed by atoms with van der Waals surface area (Å²) in [5.41, 5.74) is 5.54. The van der Waals surface area contributed by atoms with Crippen LogP contribution in [0.4, 0.5) is 0 Å². The summed E-state index contributed by atoms with van der Waals surface area (Å²) in [4.78, 5) is 0. The van der Waals surface area contributed by atoms with Crippen molar-refractivity contribution in [3.8, 4) is 0 Å². The third-order valence-electron chi connectivity index (χ3n) is 1.74. The second-order valence-electron chi connectivity index (χ2n) is 2.88. The molecule has 3 nitrogen and oxygen atoms in total. The number of hydrogen-bond acceptors (Lipinski definition) is 2. The number of amidine groups is 1. The summed E-state index contributed by atoms with van der Waals surface area (Å²) in [7, 11) is 2.06. The van der Waals surface area contributed by atoms with E-state index in [0.717, 1.165) is 25.3 Å². The van der Waals surface area contributed by atoms with E-state index in [1.807, 2.05) is 6.08 Å². The Kier molecular flexibility index (Phi) is 1.76. The van der Waals surface area contributed by atoms with Gasteiger partial charge in [-0.05, 0) is 6.08 Å². The maximum absolute atomic E-state index is 5.54. The second-order valence-corrected chi connectivity index (χ2v) is 2.88. The molecular formula is C7H14N3+. The van der Waals surface area contributed by atoms with Crippen LogP contribution in [0, 0.1) is 0 Å². The van der Waals surface area contributed by atoms with E-state index in [1.54, 1.807) is 0 Å². The molecule has 2 N–H and O–H groups in total. The smallest absolute Gasteiger partial charge is 0.161 e. The molecule has 1 aliphatic heterocycles. The van der Waals surface area contributed by atoms with Gasteiger partial charge in [0.2, 0.25) is 0 Å². The average Bonchev–Trinajstić information content (AvgIpc) is 2.12. The van der Waals surface area contributed by atoms with Crippen molar-refractivity contribution in [1.29, 1.82) is 0 Å². The van der Waals surface area contributed by atoms with E-state index in [4.69, 9.17) is 5.73 Å². The van der Waals surface area contributed by atoms with E-state index in [2.05, 4.69) is 18.7 Å². The van der Waals surface area contributed by atoms with Crippen molar-refractivity contribution in [1.82, 2.24) is 0 Å². The van der Waals surface area contributed by atoms with Crippen molar-refractivity contribution in [2.75, 3.05) is 20.1 Å². The highest BCUT2D eigenvalue weighted by Crippen LogP contribution is 2.11. The summed E-state index contributed by atoms with van der Waals surface area (Å²) < 4.78 is 0.676. The number of nitrogens with two attached hydrogens (primary N) is 1. The fraction of sp³-hybridized carbons (Fsp3) is 0.571. The fourth-order valence-corrected chi connectivity index (χ4v) is 1.18. The zero-order valence-electron chi connectivity index (χ0n) is 6.38. The highest BCUT2D eigenvalue weighted by molar-refractivity contribution is 5.80. The minimum atomic E-state index is 0.676. The lowest BCUT2D eigenvalue weighted by atomic mass is 10.4. The standard InChI is InChI=1S/C7H14N3/c1-3-5-10(2)6-4-7(8)9-10/h3H,1,4-6H2,2H3,(H2,8,9)/q+1. The Morgan fingerprint density at radius 1 is 1.90 bits per heavy atom. The first-order chi connectivity index (χ1) is 4.66. The van der Waals surface area contributed by atoms with Gasteiger partial charge in [0, 0.05) is 0 Å². The summed E-state index contributed by atoms with van der Waals surface area (Å²) in [6.07, 6.45) is 2.80. The van der Waals surface area contributed by atoms with Crippen molar-refractivity contribution < 1.29 is 4.59 Å². The molecule has 0 aliphatic carbocycles. The number of quaternary nitrogens is 1. The molecular weight excluding hydrogens is 126 g/mol. The van der Waals surface area contributed by atoms with E-state index in [9.17, 15) is 0 Å². The Balaban J connectivity index is 2.62. The molecule has 56 valence electrons. The van der Waals surface area contributed by atoms with Crippen LogP contribution in [0.25, 0.3) is 0 Å². The summed E-state index contributed by atoms with van der Waals surface area (Å²) >= 11 is 0. The number of hydrogen-bond donors (Lipinski definition) is 1. The van der Waals surface area contributed by atoms with Gasteiger partial charge in [-0.3, -0.25) is 0 Å². The zero-order valence-corrected chi connectivity index (χ0v) is 6.38. The minimum absolute atomic E-state index is 0.676. The third kappa shape index (κ3) is 1.36. The number of likely N-dealkylation sites (N-methyl/N-ethyl adjacent to an activating group) is 1. The highest BCUT2D eigenvalue weighted by atomic mass is 15.6. The van der Waals surface area contributed by atoms with Crippen LogP contribution in [-0.2, 0) is 0 Å². The minimum Gasteiger partial charge on any atom is -0.383 e. The lowest BCUT2D eigenvalue weighted by Crippen LogP contribution is -2.35. The molecule has 0 saturated carbocycles. The van der Waals surface area contributed by atoms with Gasteiger partial charge < -0.3 is 5.73 Å². The van der Waals surface area contributed by atoms with Crippen molar-refractivity contribution in [2.45, 2.75) is 6.42 Å². The van der Waals surface area contributed by atoms with Gasteiger partial charge >= 0.3 is 0 Å². The molecule has 1 atom stereocenters. The fourth-order valence-electron chi connectivity index (χ4n) is 1.18. The molecule has 1 unspecified atom stereocenters. The normalized spacial score (nSPS) is 31.9. The summed E-state index contributed by atoms with van der Waals surface area (Å²) in [6, 6.07) is 0. The molecule has 0 aromatic carbocycles. The maximum Gasteiger partial charge on any atom is 0.161 e. The highest BCUT2D eigenvalue weighted by Gasteiger charge is 2.26. The molecule has 0 aromatic heterocycles. The predicted octanol–water partition coefficient (Wildman–Crippen LogP) is 0.295. The molecule has 1 rings (SSSR count). The monoisotopic (exact) mass is 140 g/mol. The first-order valence-electron chi connectivity index (χ1n) is 3.46. The summed E-state index contributed by atoms with van der Waals surface area (Å²) in [6.45, 7) is 5.56. The first-order valence-corrected chi connectivity index (χ1v) is 3.46. The van der Waals surface area contributed by atoms with Gasteiger partial charge in [0.05, 0.1) is 13.5 Å². The van der Waals surface area contributed by atoms with Crippen LogP contribution in [0.15, 0.2) is 17.8 Å². The van der Waals surface area contributed by atoms with Gasteiger partial charge in [0.15, 0.2) is 5.84 Å². The Labute approximate surface area is 61.4 Å². The molecule has 0 saturated heterocycles. The van der Waals surface area contributed by atoms with E-state index >= 15 is 0 Å². The van der Waals surface area contributed by atoms with Crippen molar-refractivity contribution >= 4 is 5.84 Å². The van der Waals surface area contributed by atoms with Gasteiger partial charge in [0.1, 0.15) is 13.1 Å². The molecule has 0 fully saturated rings. The molecule has 1 aliphatic rings. The van der Waals surface area contributed by atoms with Gasteiger partial charge in [-0.15, -0.1) is 0 Å². The van der Waals surface area contributed by atoms with Crippen LogP contribution in [0.1, 0.15) is 6.42 Å². The summed E-state index contributed by atoms with van der Waals surface area (Å²) in [5.74, 6) is 0.768. The van der Waals surface area contributed by atoms with Crippen LogP contribution >= 0.6 is 0 Å². The Hall–Kier alpha value is -0.830. The van der Waals surface area contributed by atoms with Crippen molar-refractivity contribution in [2.24, 2.45) is 10.8 Å². The third-order valence-corrected chi connectivity index (χ3v) is 1.74. The van der Waals surface area contributed by atoms with Crippen LogP contribution in [0.2, 0.25) is 0 Å². The van der Waals surface area contributed by atoms with Crippen LogP contribution in [-0.4, -0.2) is 30.6 Å². The quantitative estimate of drug-likeness (QED) is 0.434. The Bertz CT molecular complexity index is 174. The molecule has 0 amide bonds. The zero-order chi connectivity index (χ0) is 7.61. The second kappa shape index (κ2) is 2.42. The SMILES string of the molecule is C=CC[N+]1(C)CCC(N)=N1. The molecule has 10 heavy (non-hydrogen) atoms. The van der Waals surface area contributed by atoms with E-state index < -0.39 is 0 Å². The Morgan fingerprint density at radius 2 is 2.60 bits per heavy atom. The van der Waals surface area contributed by atoms with E-state index in [0.29, 0.717) is 4.59 Å². The van der Waals surface area contributed by atoms with E-state index in [-0.39, 0.29) is 0 Å².